The average molecular weight is 425 g/mol. The highest BCUT2D eigenvalue weighted by atomic mass is 16.5. The fourth-order valence-electron chi connectivity index (χ4n) is 3.18. The summed E-state index contributed by atoms with van der Waals surface area (Å²) in [5.41, 5.74) is 2.25. The number of hydrogen-bond acceptors (Lipinski definition) is 6. The van der Waals surface area contributed by atoms with Crippen LogP contribution in [0.15, 0.2) is 42.5 Å². The van der Waals surface area contributed by atoms with Crippen LogP contribution >= 0.6 is 0 Å². The fraction of sp³-hybridized carbons (Fsp3) is 0.348. The quantitative estimate of drug-likeness (QED) is 0.372. The maximum atomic E-state index is 12.6. The van der Waals surface area contributed by atoms with Crippen LogP contribution in [-0.4, -0.2) is 48.2 Å². The van der Waals surface area contributed by atoms with Crippen molar-refractivity contribution in [3.63, 3.8) is 0 Å². The molecule has 0 aliphatic rings. The highest BCUT2D eigenvalue weighted by Crippen LogP contribution is 2.28. The first-order valence-electron chi connectivity index (χ1n) is 10.2. The van der Waals surface area contributed by atoms with Crippen molar-refractivity contribution in [1.82, 2.24) is 9.55 Å². The molecule has 0 fully saturated rings. The van der Waals surface area contributed by atoms with Crippen molar-refractivity contribution >= 4 is 28.7 Å². The number of hydrogen-bond donors (Lipinski definition) is 1. The van der Waals surface area contributed by atoms with Gasteiger partial charge < -0.3 is 18.8 Å². The standard InChI is InChI=1S/C23H27N3O5/c1-4-30-13-7-12-26-19-9-6-5-8-18(19)24-23(26)25-22(28)15-31-20-11-10-17(16(2)27)14-21(20)29-3/h5-6,8-11,14H,4,7,12-13,15H2,1-3H3,(H,24,25,28). The number of ether oxygens (including phenoxy) is 3. The number of carbonyl (C=O) groups is 2. The van der Waals surface area contributed by atoms with E-state index in [9.17, 15) is 9.59 Å². The molecular weight excluding hydrogens is 398 g/mol. The molecule has 0 aliphatic carbocycles. The van der Waals surface area contributed by atoms with Gasteiger partial charge in [0.2, 0.25) is 5.95 Å². The smallest absolute Gasteiger partial charge is 0.264 e. The van der Waals surface area contributed by atoms with Crippen molar-refractivity contribution in [2.75, 3.05) is 32.2 Å². The Kier molecular flexibility index (Phi) is 7.61. The number of aromatic nitrogens is 2. The first-order valence-corrected chi connectivity index (χ1v) is 10.2. The molecule has 3 rings (SSSR count). The van der Waals surface area contributed by atoms with E-state index in [0.29, 0.717) is 42.8 Å². The minimum absolute atomic E-state index is 0.0779. The molecule has 8 heteroatoms. The molecule has 0 bridgehead atoms. The summed E-state index contributed by atoms with van der Waals surface area (Å²) in [6.45, 7) is 5.18. The van der Waals surface area contributed by atoms with Gasteiger partial charge in [-0.1, -0.05) is 12.1 Å². The molecule has 0 atom stereocenters. The van der Waals surface area contributed by atoms with E-state index in [2.05, 4.69) is 10.3 Å². The van der Waals surface area contributed by atoms with Crippen LogP contribution in [0.4, 0.5) is 5.95 Å². The Morgan fingerprint density at radius 1 is 1.13 bits per heavy atom. The van der Waals surface area contributed by atoms with Gasteiger partial charge in [0.05, 0.1) is 18.1 Å². The van der Waals surface area contributed by atoms with Crippen molar-refractivity contribution in [3.8, 4) is 11.5 Å². The van der Waals surface area contributed by atoms with Crippen LogP contribution in [0.1, 0.15) is 30.6 Å². The number of ketones is 1. The molecule has 0 saturated heterocycles. The molecule has 2 aromatic carbocycles. The normalized spacial score (nSPS) is 10.8. The van der Waals surface area contributed by atoms with E-state index in [-0.39, 0.29) is 18.3 Å². The predicted molar refractivity (Wildman–Crippen MR) is 118 cm³/mol. The molecule has 0 saturated carbocycles. The molecule has 0 spiro atoms. The number of methoxy groups -OCH3 is 1. The molecule has 1 N–H and O–H groups in total. The van der Waals surface area contributed by atoms with Gasteiger partial charge in [0.25, 0.3) is 5.91 Å². The monoisotopic (exact) mass is 425 g/mol. The second-order valence-corrected chi connectivity index (χ2v) is 6.88. The molecule has 1 amide bonds. The maximum Gasteiger partial charge on any atom is 0.264 e. The number of imidazole rings is 1. The molecule has 1 aromatic heterocycles. The Hall–Kier alpha value is -3.39. The van der Waals surface area contributed by atoms with Crippen LogP contribution in [0.5, 0.6) is 11.5 Å². The lowest BCUT2D eigenvalue weighted by atomic mass is 10.1. The summed E-state index contributed by atoms with van der Waals surface area (Å²) in [6, 6.07) is 12.6. The molecule has 1 heterocycles. The number of nitrogens with one attached hydrogen (secondary N) is 1. The largest absolute Gasteiger partial charge is 0.493 e. The van der Waals surface area contributed by atoms with Gasteiger partial charge in [-0.05, 0) is 50.6 Å². The zero-order valence-electron chi connectivity index (χ0n) is 18.0. The summed E-state index contributed by atoms with van der Waals surface area (Å²) in [4.78, 5) is 28.6. The van der Waals surface area contributed by atoms with Gasteiger partial charge in [-0.25, -0.2) is 4.98 Å². The Morgan fingerprint density at radius 2 is 1.94 bits per heavy atom. The van der Waals surface area contributed by atoms with Gasteiger partial charge in [0.1, 0.15) is 0 Å². The van der Waals surface area contributed by atoms with Crippen LogP contribution in [0.3, 0.4) is 0 Å². The lowest BCUT2D eigenvalue weighted by Gasteiger charge is -2.13. The Balaban J connectivity index is 1.69. The SMILES string of the molecule is CCOCCCn1c(NC(=O)COc2ccc(C(C)=O)cc2OC)nc2ccccc21. The van der Waals surface area contributed by atoms with E-state index in [1.165, 1.54) is 14.0 Å². The van der Waals surface area contributed by atoms with E-state index in [0.717, 1.165) is 17.5 Å². The van der Waals surface area contributed by atoms with Gasteiger partial charge in [-0.2, -0.15) is 0 Å². The molecule has 164 valence electrons. The number of carbonyl (C=O) groups excluding carboxylic acids is 2. The zero-order valence-corrected chi connectivity index (χ0v) is 18.0. The van der Waals surface area contributed by atoms with Crippen molar-refractivity contribution in [2.45, 2.75) is 26.8 Å². The summed E-state index contributed by atoms with van der Waals surface area (Å²) in [6.07, 6.45) is 0.799. The van der Waals surface area contributed by atoms with E-state index in [1.807, 2.05) is 35.8 Å². The van der Waals surface area contributed by atoms with Gasteiger partial charge in [-0.15, -0.1) is 0 Å². The van der Waals surface area contributed by atoms with Crippen LogP contribution in [0, 0.1) is 0 Å². The summed E-state index contributed by atoms with van der Waals surface area (Å²) < 4.78 is 18.3. The van der Waals surface area contributed by atoms with Gasteiger partial charge in [0, 0.05) is 25.3 Å². The molecule has 3 aromatic rings. The van der Waals surface area contributed by atoms with Crippen LogP contribution in [-0.2, 0) is 16.1 Å². The molecule has 0 aliphatic heterocycles. The zero-order chi connectivity index (χ0) is 22.2. The summed E-state index contributed by atoms with van der Waals surface area (Å²) in [5.74, 6) is 0.812. The van der Waals surface area contributed by atoms with Crippen molar-refractivity contribution in [1.29, 1.82) is 0 Å². The molecule has 31 heavy (non-hydrogen) atoms. The lowest BCUT2D eigenvalue weighted by Crippen LogP contribution is -2.22. The third-order valence-corrected chi connectivity index (χ3v) is 4.71. The number of benzene rings is 2. The van der Waals surface area contributed by atoms with Crippen molar-refractivity contribution in [3.05, 3.63) is 48.0 Å². The van der Waals surface area contributed by atoms with Crippen molar-refractivity contribution < 1.29 is 23.8 Å². The third-order valence-electron chi connectivity index (χ3n) is 4.71. The number of aryl methyl sites for hydroxylation is 1. The summed E-state index contributed by atoms with van der Waals surface area (Å²) in [5, 5.41) is 2.83. The third kappa shape index (κ3) is 5.61. The molecular formula is C23H27N3O5. The second-order valence-electron chi connectivity index (χ2n) is 6.88. The maximum absolute atomic E-state index is 12.6. The van der Waals surface area contributed by atoms with Crippen molar-refractivity contribution in [2.24, 2.45) is 0 Å². The minimum Gasteiger partial charge on any atom is -0.493 e. The van der Waals surface area contributed by atoms with Crippen LogP contribution < -0.4 is 14.8 Å². The molecule has 0 radical (unpaired) electrons. The molecule has 0 unspecified atom stereocenters. The van der Waals surface area contributed by atoms with Gasteiger partial charge in [0.15, 0.2) is 23.9 Å². The predicted octanol–water partition coefficient (Wildman–Crippen LogP) is 3.69. The number of amides is 1. The number of para-hydroxylation sites is 2. The highest BCUT2D eigenvalue weighted by molar-refractivity contribution is 5.95. The van der Waals surface area contributed by atoms with E-state index >= 15 is 0 Å². The Morgan fingerprint density at radius 3 is 2.68 bits per heavy atom. The Labute approximate surface area is 181 Å². The number of Topliss-reactive ketones (excluding diaryl/α,β-unsaturated/α-hetero) is 1. The highest BCUT2D eigenvalue weighted by Gasteiger charge is 2.15. The molecule has 8 nitrogen and oxygen atoms in total. The van der Waals surface area contributed by atoms with Crippen LogP contribution in [0.2, 0.25) is 0 Å². The lowest BCUT2D eigenvalue weighted by molar-refractivity contribution is -0.118. The number of nitrogens with zero attached hydrogens (tertiary/aromatic N) is 2. The van der Waals surface area contributed by atoms with Gasteiger partial charge in [-0.3, -0.25) is 14.9 Å². The average Bonchev–Trinajstić information content (AvgIpc) is 3.11. The van der Waals surface area contributed by atoms with Gasteiger partial charge >= 0.3 is 0 Å². The first kappa shape index (κ1) is 22.3. The summed E-state index contributed by atoms with van der Waals surface area (Å²) >= 11 is 0. The fourth-order valence-corrected chi connectivity index (χ4v) is 3.18. The number of fused-ring (bicyclic) bond motifs is 1. The van der Waals surface area contributed by atoms with E-state index < -0.39 is 0 Å². The van der Waals surface area contributed by atoms with E-state index in [1.54, 1.807) is 18.2 Å². The summed E-state index contributed by atoms with van der Waals surface area (Å²) in [7, 11) is 1.48. The first-order chi connectivity index (χ1) is 15.0. The second kappa shape index (κ2) is 10.6. The number of anilines is 1. The topological polar surface area (TPSA) is 91.7 Å². The minimum atomic E-state index is -0.348. The van der Waals surface area contributed by atoms with E-state index in [4.69, 9.17) is 14.2 Å². The number of rotatable bonds is 11. The Bertz CT molecular complexity index is 1060. The van der Waals surface area contributed by atoms with Crippen LogP contribution in [0.25, 0.3) is 11.0 Å².